The van der Waals surface area contributed by atoms with E-state index in [-0.39, 0.29) is 6.03 Å². The van der Waals surface area contributed by atoms with Crippen molar-refractivity contribution in [3.05, 3.63) is 29.3 Å². The number of methoxy groups -OCH3 is 1. The van der Waals surface area contributed by atoms with Crippen LogP contribution in [0.4, 0.5) is 4.79 Å². The highest BCUT2D eigenvalue weighted by Crippen LogP contribution is 2.30. The van der Waals surface area contributed by atoms with Gasteiger partial charge in [0, 0.05) is 25.7 Å². The molecule has 3 rings (SSSR count). The van der Waals surface area contributed by atoms with Gasteiger partial charge in [0.25, 0.3) is 0 Å². The van der Waals surface area contributed by atoms with Crippen LogP contribution >= 0.6 is 0 Å². The van der Waals surface area contributed by atoms with Gasteiger partial charge in [0.15, 0.2) is 0 Å². The first-order valence-electron chi connectivity index (χ1n) is 8.44. The number of rotatable bonds is 3. The second kappa shape index (κ2) is 6.59. The minimum Gasteiger partial charge on any atom is -0.497 e. The molecule has 120 valence electrons. The number of nitrogens with zero attached hydrogens (tertiary/aromatic N) is 2. The molecule has 4 heteroatoms. The zero-order valence-corrected chi connectivity index (χ0v) is 13.7. The summed E-state index contributed by atoms with van der Waals surface area (Å²) in [5.41, 5.74) is 2.60. The Morgan fingerprint density at radius 3 is 2.73 bits per heavy atom. The monoisotopic (exact) mass is 302 g/mol. The lowest BCUT2D eigenvalue weighted by Crippen LogP contribution is -2.49. The van der Waals surface area contributed by atoms with Crippen molar-refractivity contribution in [2.45, 2.75) is 51.6 Å². The number of urea groups is 1. The Morgan fingerprint density at radius 1 is 1.27 bits per heavy atom. The fraction of sp³-hybridized carbons (Fsp3) is 0.611. The van der Waals surface area contributed by atoms with Crippen molar-refractivity contribution in [1.29, 1.82) is 0 Å². The average molecular weight is 302 g/mol. The molecule has 2 heterocycles. The molecule has 1 saturated heterocycles. The lowest BCUT2D eigenvalue weighted by molar-refractivity contribution is 0.127. The SMILES string of the molecule is CCCC1Cc2ccc(OC)cc2CN1C(=O)N1CCCC1. The van der Waals surface area contributed by atoms with E-state index in [1.807, 2.05) is 11.0 Å². The van der Waals surface area contributed by atoms with Crippen molar-refractivity contribution in [2.75, 3.05) is 20.2 Å². The zero-order valence-electron chi connectivity index (χ0n) is 13.7. The molecule has 4 nitrogen and oxygen atoms in total. The van der Waals surface area contributed by atoms with Gasteiger partial charge in [-0.15, -0.1) is 0 Å². The van der Waals surface area contributed by atoms with Gasteiger partial charge < -0.3 is 14.5 Å². The molecule has 0 N–H and O–H groups in total. The van der Waals surface area contributed by atoms with Crippen molar-refractivity contribution in [3.8, 4) is 5.75 Å². The van der Waals surface area contributed by atoms with E-state index in [9.17, 15) is 4.79 Å². The summed E-state index contributed by atoms with van der Waals surface area (Å²) >= 11 is 0. The van der Waals surface area contributed by atoms with Crippen LogP contribution in [0.1, 0.15) is 43.7 Å². The first-order valence-corrected chi connectivity index (χ1v) is 8.44. The largest absolute Gasteiger partial charge is 0.497 e. The van der Waals surface area contributed by atoms with Crippen LogP contribution in [0.3, 0.4) is 0 Å². The Labute approximate surface area is 133 Å². The van der Waals surface area contributed by atoms with E-state index in [0.29, 0.717) is 12.6 Å². The molecule has 1 aromatic rings. The molecule has 2 aliphatic rings. The van der Waals surface area contributed by atoms with E-state index in [0.717, 1.165) is 50.9 Å². The topological polar surface area (TPSA) is 32.8 Å². The molecule has 1 fully saturated rings. The number of ether oxygens (including phenoxy) is 1. The maximum Gasteiger partial charge on any atom is 0.320 e. The van der Waals surface area contributed by atoms with Crippen molar-refractivity contribution >= 4 is 6.03 Å². The molecule has 1 aromatic carbocycles. The lowest BCUT2D eigenvalue weighted by atomic mass is 9.91. The summed E-state index contributed by atoms with van der Waals surface area (Å²) < 4.78 is 5.34. The molecule has 0 aliphatic carbocycles. The predicted octanol–water partition coefficient (Wildman–Crippen LogP) is 3.44. The van der Waals surface area contributed by atoms with Crippen molar-refractivity contribution < 1.29 is 9.53 Å². The van der Waals surface area contributed by atoms with Gasteiger partial charge in [-0.25, -0.2) is 4.79 Å². The van der Waals surface area contributed by atoms with Gasteiger partial charge in [0.2, 0.25) is 0 Å². The highest BCUT2D eigenvalue weighted by Gasteiger charge is 2.32. The van der Waals surface area contributed by atoms with Crippen molar-refractivity contribution in [1.82, 2.24) is 9.80 Å². The number of carbonyl (C=O) groups excluding carboxylic acids is 1. The van der Waals surface area contributed by atoms with E-state index >= 15 is 0 Å². The molecule has 1 atom stereocenters. The molecule has 2 aliphatic heterocycles. The van der Waals surface area contributed by atoms with Crippen LogP contribution in [-0.2, 0) is 13.0 Å². The van der Waals surface area contributed by atoms with Crippen LogP contribution < -0.4 is 4.74 Å². The lowest BCUT2D eigenvalue weighted by Gasteiger charge is -2.39. The summed E-state index contributed by atoms with van der Waals surface area (Å²) in [5.74, 6) is 0.876. The van der Waals surface area contributed by atoms with Crippen molar-refractivity contribution in [3.63, 3.8) is 0 Å². The van der Waals surface area contributed by atoms with Crippen LogP contribution in [0.5, 0.6) is 5.75 Å². The third kappa shape index (κ3) is 2.92. The van der Waals surface area contributed by atoms with Gasteiger partial charge in [0.05, 0.1) is 7.11 Å². The van der Waals surface area contributed by atoms with Crippen molar-refractivity contribution in [2.24, 2.45) is 0 Å². The van der Waals surface area contributed by atoms with Gasteiger partial charge in [-0.3, -0.25) is 0 Å². The number of fused-ring (bicyclic) bond motifs is 1. The number of carbonyl (C=O) groups is 1. The van der Waals surface area contributed by atoms with E-state index in [1.165, 1.54) is 11.1 Å². The summed E-state index contributed by atoms with van der Waals surface area (Å²) in [6.45, 7) is 4.74. The second-order valence-corrected chi connectivity index (χ2v) is 6.39. The van der Waals surface area contributed by atoms with Crippen LogP contribution in [0.25, 0.3) is 0 Å². The van der Waals surface area contributed by atoms with E-state index in [2.05, 4.69) is 24.0 Å². The third-order valence-corrected chi connectivity index (χ3v) is 4.89. The number of benzene rings is 1. The molecule has 0 bridgehead atoms. The molecule has 22 heavy (non-hydrogen) atoms. The quantitative estimate of drug-likeness (QED) is 0.857. The summed E-state index contributed by atoms with van der Waals surface area (Å²) in [7, 11) is 1.69. The second-order valence-electron chi connectivity index (χ2n) is 6.39. The van der Waals surface area contributed by atoms with E-state index in [4.69, 9.17) is 4.74 Å². The predicted molar refractivity (Wildman–Crippen MR) is 87.1 cm³/mol. The smallest absolute Gasteiger partial charge is 0.320 e. The van der Waals surface area contributed by atoms with Gasteiger partial charge in [-0.05, 0) is 48.9 Å². The van der Waals surface area contributed by atoms with E-state index in [1.54, 1.807) is 7.11 Å². The fourth-order valence-electron chi connectivity index (χ4n) is 3.66. The first kappa shape index (κ1) is 15.2. The molecular formula is C18H26N2O2. The highest BCUT2D eigenvalue weighted by molar-refractivity contribution is 5.75. The minimum atomic E-state index is 0.226. The van der Waals surface area contributed by atoms with Crippen LogP contribution in [0.15, 0.2) is 18.2 Å². The molecular weight excluding hydrogens is 276 g/mol. The summed E-state index contributed by atoms with van der Waals surface area (Å²) in [6, 6.07) is 6.83. The Bertz CT molecular complexity index is 538. The average Bonchev–Trinajstić information content (AvgIpc) is 3.08. The molecule has 0 saturated carbocycles. The molecule has 0 radical (unpaired) electrons. The Kier molecular flexibility index (Phi) is 4.55. The van der Waals surface area contributed by atoms with Crippen LogP contribution in [0.2, 0.25) is 0 Å². The Balaban J connectivity index is 1.84. The summed E-state index contributed by atoms with van der Waals surface area (Å²) in [4.78, 5) is 17.0. The molecule has 0 aromatic heterocycles. The maximum atomic E-state index is 12.9. The molecule has 0 spiro atoms. The highest BCUT2D eigenvalue weighted by atomic mass is 16.5. The third-order valence-electron chi connectivity index (χ3n) is 4.89. The standard InChI is InChI=1S/C18H26N2O2/c1-3-6-16-11-14-7-8-17(22-2)12-15(14)13-20(16)18(21)19-9-4-5-10-19/h7-8,12,16H,3-6,9-11,13H2,1-2H3. The van der Waals surface area contributed by atoms with Gasteiger partial charge in [-0.1, -0.05) is 19.4 Å². The Hall–Kier alpha value is -1.71. The number of hydrogen-bond donors (Lipinski definition) is 0. The Morgan fingerprint density at radius 2 is 2.05 bits per heavy atom. The molecule has 2 amide bonds. The normalized spacial score (nSPS) is 20.9. The zero-order chi connectivity index (χ0) is 15.5. The van der Waals surface area contributed by atoms with E-state index < -0.39 is 0 Å². The molecule has 1 unspecified atom stereocenters. The van der Waals surface area contributed by atoms with Gasteiger partial charge >= 0.3 is 6.03 Å². The van der Waals surface area contributed by atoms with Gasteiger partial charge in [-0.2, -0.15) is 0 Å². The van der Waals surface area contributed by atoms with Crippen LogP contribution in [0, 0.1) is 0 Å². The summed E-state index contributed by atoms with van der Waals surface area (Å²) in [6.07, 6.45) is 5.43. The summed E-state index contributed by atoms with van der Waals surface area (Å²) in [5, 5.41) is 0. The van der Waals surface area contributed by atoms with Gasteiger partial charge in [0.1, 0.15) is 5.75 Å². The fourth-order valence-corrected chi connectivity index (χ4v) is 3.66. The maximum absolute atomic E-state index is 12.9. The number of amides is 2. The number of likely N-dealkylation sites (tertiary alicyclic amines) is 1. The van der Waals surface area contributed by atoms with Crippen LogP contribution in [-0.4, -0.2) is 42.1 Å². The number of hydrogen-bond acceptors (Lipinski definition) is 2. The first-order chi connectivity index (χ1) is 10.7. The minimum absolute atomic E-state index is 0.226.